The normalized spacial score (nSPS) is 10.2. The summed E-state index contributed by atoms with van der Waals surface area (Å²) >= 11 is 3.26. The highest BCUT2D eigenvalue weighted by molar-refractivity contribution is 9.10. The molecule has 92 valence electrons. The van der Waals surface area contributed by atoms with Crippen LogP contribution in [0.1, 0.15) is 15.9 Å². The maximum atomic E-state index is 13.6. The smallest absolute Gasteiger partial charge is 0.258 e. The number of aryl methyl sites for hydroxylation is 1. The molecule has 0 radical (unpaired) electrons. The highest BCUT2D eigenvalue weighted by Crippen LogP contribution is 2.21. The molecular weight excluding hydrogens is 299 g/mol. The Morgan fingerprint density at radius 1 is 1.39 bits per heavy atom. The van der Waals surface area contributed by atoms with Gasteiger partial charge in [0.1, 0.15) is 5.82 Å². The third-order valence-corrected chi connectivity index (χ3v) is 3.02. The third kappa shape index (κ3) is 2.73. The maximum absolute atomic E-state index is 13.6. The van der Waals surface area contributed by atoms with Crippen LogP contribution in [0.15, 0.2) is 41.1 Å². The predicted octanol–water partition coefficient (Wildman–Crippen LogP) is 3.54. The molecule has 1 amide bonds. The number of pyridine rings is 1. The molecule has 0 aliphatic rings. The van der Waals surface area contributed by atoms with Crippen molar-refractivity contribution in [3.8, 4) is 0 Å². The van der Waals surface area contributed by atoms with E-state index in [2.05, 4.69) is 26.2 Å². The molecule has 1 aromatic heterocycles. The average Bonchev–Trinajstić information content (AvgIpc) is 2.32. The zero-order chi connectivity index (χ0) is 13.1. The molecule has 1 heterocycles. The first-order chi connectivity index (χ1) is 8.58. The number of nitrogens with zero attached hydrogens (tertiary/aromatic N) is 1. The van der Waals surface area contributed by atoms with Crippen LogP contribution in [0.25, 0.3) is 0 Å². The van der Waals surface area contributed by atoms with E-state index in [4.69, 9.17) is 0 Å². The van der Waals surface area contributed by atoms with Crippen LogP contribution in [0, 0.1) is 12.7 Å². The van der Waals surface area contributed by atoms with Crippen LogP contribution >= 0.6 is 15.9 Å². The second-order valence-corrected chi connectivity index (χ2v) is 4.65. The zero-order valence-corrected chi connectivity index (χ0v) is 11.2. The first kappa shape index (κ1) is 12.7. The Kier molecular flexibility index (Phi) is 3.72. The van der Waals surface area contributed by atoms with E-state index in [9.17, 15) is 9.18 Å². The van der Waals surface area contributed by atoms with Crippen molar-refractivity contribution in [1.29, 1.82) is 0 Å². The number of hydrogen-bond acceptors (Lipinski definition) is 2. The summed E-state index contributed by atoms with van der Waals surface area (Å²) in [4.78, 5) is 15.8. The molecule has 18 heavy (non-hydrogen) atoms. The van der Waals surface area contributed by atoms with Crippen molar-refractivity contribution in [1.82, 2.24) is 4.98 Å². The van der Waals surface area contributed by atoms with E-state index in [1.807, 2.05) is 0 Å². The molecule has 0 atom stereocenters. The summed E-state index contributed by atoms with van der Waals surface area (Å²) in [5.74, 6) is -1.02. The Hall–Kier alpha value is -1.75. The van der Waals surface area contributed by atoms with Crippen LogP contribution in [-0.2, 0) is 0 Å². The molecule has 1 N–H and O–H groups in total. The lowest BCUT2D eigenvalue weighted by Gasteiger charge is -2.07. The van der Waals surface area contributed by atoms with Crippen LogP contribution in [0.5, 0.6) is 0 Å². The number of carbonyl (C=O) groups excluding carboxylic acids is 1. The molecule has 0 aliphatic carbocycles. The van der Waals surface area contributed by atoms with E-state index in [1.165, 1.54) is 12.1 Å². The quantitative estimate of drug-likeness (QED) is 0.922. The van der Waals surface area contributed by atoms with Gasteiger partial charge in [-0.2, -0.15) is 0 Å². The minimum absolute atomic E-state index is 0.0179. The van der Waals surface area contributed by atoms with Crippen molar-refractivity contribution < 1.29 is 9.18 Å². The largest absolute Gasteiger partial charge is 0.321 e. The first-order valence-electron chi connectivity index (χ1n) is 5.25. The Bertz CT molecular complexity index is 601. The van der Waals surface area contributed by atoms with Gasteiger partial charge in [-0.05, 0) is 46.6 Å². The Balaban J connectivity index is 2.25. The van der Waals surface area contributed by atoms with Crippen molar-refractivity contribution in [3.63, 3.8) is 0 Å². The van der Waals surface area contributed by atoms with Crippen molar-refractivity contribution in [2.75, 3.05) is 5.32 Å². The molecular formula is C13H10BrFN2O. The second-order valence-electron chi connectivity index (χ2n) is 3.79. The Labute approximate surface area is 112 Å². The van der Waals surface area contributed by atoms with Gasteiger partial charge in [0.25, 0.3) is 5.91 Å². The number of benzene rings is 1. The van der Waals surface area contributed by atoms with E-state index >= 15 is 0 Å². The van der Waals surface area contributed by atoms with Gasteiger partial charge < -0.3 is 5.32 Å². The highest BCUT2D eigenvalue weighted by atomic mass is 79.9. The fourth-order valence-electron chi connectivity index (χ4n) is 1.47. The summed E-state index contributed by atoms with van der Waals surface area (Å²) in [6.07, 6.45) is 3.10. The van der Waals surface area contributed by atoms with Gasteiger partial charge in [0.05, 0.1) is 15.7 Å². The van der Waals surface area contributed by atoms with Gasteiger partial charge in [-0.15, -0.1) is 0 Å². The van der Waals surface area contributed by atoms with Crippen LogP contribution in [0.2, 0.25) is 0 Å². The summed E-state index contributed by atoms with van der Waals surface area (Å²) in [7, 11) is 0. The summed E-state index contributed by atoms with van der Waals surface area (Å²) in [6.45, 7) is 1.77. The van der Waals surface area contributed by atoms with Crippen LogP contribution in [-0.4, -0.2) is 10.9 Å². The van der Waals surface area contributed by atoms with Crippen molar-refractivity contribution in [2.45, 2.75) is 6.92 Å². The summed E-state index contributed by atoms with van der Waals surface area (Å²) in [5.41, 5.74) is 1.34. The molecule has 0 saturated heterocycles. The molecule has 0 fully saturated rings. The van der Waals surface area contributed by atoms with Crippen LogP contribution < -0.4 is 5.32 Å². The van der Waals surface area contributed by atoms with Gasteiger partial charge in [-0.3, -0.25) is 9.78 Å². The molecule has 0 spiro atoms. The summed E-state index contributed by atoms with van der Waals surface area (Å²) < 4.78 is 14.3. The second kappa shape index (κ2) is 5.27. The fourth-order valence-corrected chi connectivity index (χ4v) is 1.82. The lowest BCUT2D eigenvalue weighted by Crippen LogP contribution is -2.14. The van der Waals surface area contributed by atoms with Gasteiger partial charge in [0.2, 0.25) is 0 Å². The van der Waals surface area contributed by atoms with Gasteiger partial charge in [-0.1, -0.05) is 6.07 Å². The van der Waals surface area contributed by atoms with Gasteiger partial charge >= 0.3 is 0 Å². The Morgan fingerprint density at radius 2 is 2.17 bits per heavy atom. The standard InChI is InChI=1S/C13H10BrFN2O/c1-8-2-3-9(11(15)6-8)13(18)17-12-4-5-16-7-10(12)14/h2-7H,1H3,(H,16,17,18). The van der Waals surface area contributed by atoms with Gasteiger partial charge in [-0.25, -0.2) is 4.39 Å². The van der Waals surface area contributed by atoms with Gasteiger partial charge in [0, 0.05) is 12.4 Å². The summed E-state index contributed by atoms with van der Waals surface area (Å²) in [6, 6.07) is 6.12. The Morgan fingerprint density at radius 3 is 2.83 bits per heavy atom. The predicted molar refractivity (Wildman–Crippen MR) is 71.0 cm³/mol. The molecule has 0 bridgehead atoms. The number of aromatic nitrogens is 1. The van der Waals surface area contributed by atoms with E-state index < -0.39 is 11.7 Å². The fraction of sp³-hybridized carbons (Fsp3) is 0.0769. The lowest BCUT2D eigenvalue weighted by atomic mass is 10.1. The van der Waals surface area contributed by atoms with Crippen molar-refractivity contribution >= 4 is 27.5 Å². The van der Waals surface area contributed by atoms with E-state index in [0.717, 1.165) is 5.56 Å². The molecule has 0 unspecified atom stereocenters. The number of amides is 1. The van der Waals surface area contributed by atoms with Gasteiger partial charge in [0.15, 0.2) is 0 Å². The topological polar surface area (TPSA) is 42.0 Å². The number of nitrogens with one attached hydrogen (secondary N) is 1. The molecule has 0 saturated carbocycles. The van der Waals surface area contributed by atoms with E-state index in [-0.39, 0.29) is 5.56 Å². The number of hydrogen-bond donors (Lipinski definition) is 1. The number of anilines is 1. The van der Waals surface area contributed by atoms with Crippen LogP contribution in [0.3, 0.4) is 0 Å². The molecule has 2 rings (SSSR count). The highest BCUT2D eigenvalue weighted by Gasteiger charge is 2.12. The number of carbonyl (C=O) groups is 1. The lowest BCUT2D eigenvalue weighted by molar-refractivity contribution is 0.102. The molecule has 0 aliphatic heterocycles. The number of rotatable bonds is 2. The van der Waals surface area contributed by atoms with Crippen LogP contribution in [0.4, 0.5) is 10.1 Å². The molecule has 5 heteroatoms. The third-order valence-electron chi connectivity index (χ3n) is 2.39. The van der Waals surface area contributed by atoms with Crippen molar-refractivity contribution in [3.05, 3.63) is 58.1 Å². The summed E-state index contributed by atoms with van der Waals surface area (Å²) in [5, 5.41) is 2.62. The first-order valence-corrected chi connectivity index (χ1v) is 6.04. The average molecular weight is 309 g/mol. The zero-order valence-electron chi connectivity index (χ0n) is 9.58. The van der Waals surface area contributed by atoms with E-state index in [1.54, 1.807) is 31.5 Å². The molecule has 1 aromatic carbocycles. The number of halogens is 2. The van der Waals surface area contributed by atoms with E-state index in [0.29, 0.717) is 10.2 Å². The minimum Gasteiger partial charge on any atom is -0.321 e. The minimum atomic E-state index is -0.530. The SMILES string of the molecule is Cc1ccc(C(=O)Nc2ccncc2Br)c(F)c1. The maximum Gasteiger partial charge on any atom is 0.258 e. The monoisotopic (exact) mass is 308 g/mol. The molecule has 2 aromatic rings. The molecule has 3 nitrogen and oxygen atoms in total. The van der Waals surface area contributed by atoms with Crippen molar-refractivity contribution in [2.24, 2.45) is 0 Å².